The number of hydrogen-bond donors (Lipinski definition) is 3. The third kappa shape index (κ3) is 7.51. The van der Waals surface area contributed by atoms with Crippen molar-refractivity contribution < 1.29 is 23.9 Å². The van der Waals surface area contributed by atoms with E-state index in [9.17, 15) is 19.2 Å². The second-order valence-electron chi connectivity index (χ2n) is 8.53. The van der Waals surface area contributed by atoms with Crippen LogP contribution < -0.4 is 20.7 Å². The number of methoxy groups -OCH3 is 1. The first kappa shape index (κ1) is 26.1. The largest absolute Gasteiger partial charge is 0.497 e. The predicted octanol–water partition coefficient (Wildman–Crippen LogP) is 1.97. The van der Waals surface area contributed by atoms with Gasteiger partial charge in [0.15, 0.2) is 5.13 Å². The number of hydrogen-bond acceptors (Lipinski definition) is 7. The number of benzene rings is 1. The average Bonchev–Trinajstić information content (AvgIpc) is 3.16. The minimum Gasteiger partial charge on any atom is -0.497 e. The van der Waals surface area contributed by atoms with Crippen LogP contribution in [0.3, 0.4) is 0 Å². The van der Waals surface area contributed by atoms with Gasteiger partial charge in [-0.1, -0.05) is 0 Å². The van der Waals surface area contributed by atoms with Crippen molar-refractivity contribution in [3.05, 3.63) is 40.9 Å². The normalized spacial score (nSPS) is 15.7. The van der Waals surface area contributed by atoms with Gasteiger partial charge in [-0.3, -0.25) is 19.2 Å². The van der Waals surface area contributed by atoms with Gasteiger partial charge in [0.05, 0.1) is 19.2 Å². The predicted molar refractivity (Wildman–Crippen MR) is 132 cm³/mol. The first-order valence-electron chi connectivity index (χ1n) is 11.5. The third-order valence-corrected chi connectivity index (χ3v) is 6.35. The molecule has 2 heterocycles. The van der Waals surface area contributed by atoms with Crippen LogP contribution in [-0.4, -0.2) is 65.8 Å². The van der Waals surface area contributed by atoms with Crippen LogP contribution in [0.5, 0.6) is 5.75 Å². The van der Waals surface area contributed by atoms with Gasteiger partial charge in [0, 0.05) is 23.5 Å². The third-order valence-electron chi connectivity index (χ3n) is 5.55. The molecule has 1 aromatic carbocycles. The fourth-order valence-electron chi connectivity index (χ4n) is 3.63. The molecule has 4 amide bonds. The summed E-state index contributed by atoms with van der Waals surface area (Å²) in [7, 11) is 1.55. The Morgan fingerprint density at radius 2 is 1.94 bits per heavy atom. The van der Waals surface area contributed by atoms with Crippen LogP contribution in [0, 0.1) is 0 Å². The molecule has 1 saturated heterocycles. The number of ether oxygens (including phenoxy) is 1. The molecule has 0 spiro atoms. The quantitative estimate of drug-likeness (QED) is 0.482. The maximum absolute atomic E-state index is 12.9. The highest BCUT2D eigenvalue weighted by atomic mass is 32.1. The van der Waals surface area contributed by atoms with Gasteiger partial charge in [-0.05, 0) is 57.4 Å². The molecule has 10 nitrogen and oxygen atoms in total. The molecule has 1 aliphatic rings. The van der Waals surface area contributed by atoms with Crippen LogP contribution in [0.4, 0.5) is 5.13 Å². The van der Waals surface area contributed by atoms with E-state index in [0.29, 0.717) is 35.1 Å². The van der Waals surface area contributed by atoms with E-state index in [1.165, 1.54) is 16.2 Å². The molecule has 1 atom stereocenters. The maximum Gasteiger partial charge on any atom is 0.254 e. The summed E-state index contributed by atoms with van der Waals surface area (Å²) < 4.78 is 5.12. The fraction of sp³-hybridized carbons (Fsp3) is 0.458. The van der Waals surface area contributed by atoms with Gasteiger partial charge in [-0.15, -0.1) is 11.3 Å². The summed E-state index contributed by atoms with van der Waals surface area (Å²) in [6, 6.07) is 5.97. The topological polar surface area (TPSA) is 130 Å². The smallest absolute Gasteiger partial charge is 0.254 e. The summed E-state index contributed by atoms with van der Waals surface area (Å²) in [5.74, 6) is -0.480. The zero-order valence-electron chi connectivity index (χ0n) is 20.1. The lowest BCUT2D eigenvalue weighted by Gasteiger charge is -2.26. The van der Waals surface area contributed by atoms with Crippen LogP contribution in [0.2, 0.25) is 0 Å². The molecule has 0 saturated carbocycles. The second kappa shape index (κ2) is 12.3. The SMILES string of the molecule is COc1ccc(C(=O)N(CC(=O)Nc2nc(CC(=O)NC3CCCCNC3=O)cs2)C(C)C)cc1. The van der Waals surface area contributed by atoms with E-state index in [1.54, 1.807) is 36.8 Å². The average molecular weight is 502 g/mol. The van der Waals surface area contributed by atoms with E-state index in [0.717, 1.165) is 12.8 Å². The van der Waals surface area contributed by atoms with Crippen LogP contribution in [-0.2, 0) is 20.8 Å². The van der Waals surface area contributed by atoms with Gasteiger partial charge >= 0.3 is 0 Å². The van der Waals surface area contributed by atoms with Crippen molar-refractivity contribution in [1.82, 2.24) is 20.5 Å². The van der Waals surface area contributed by atoms with Crippen molar-refractivity contribution in [2.45, 2.75) is 51.6 Å². The highest BCUT2D eigenvalue weighted by Crippen LogP contribution is 2.18. The molecule has 11 heteroatoms. The summed E-state index contributed by atoms with van der Waals surface area (Å²) in [5, 5.41) is 10.3. The molecule has 3 rings (SSSR count). The molecule has 0 aliphatic carbocycles. The number of carbonyl (C=O) groups excluding carboxylic acids is 4. The molecule has 188 valence electrons. The second-order valence-corrected chi connectivity index (χ2v) is 9.39. The number of thiazole rings is 1. The molecular formula is C24H31N5O5S. The Hall–Kier alpha value is -3.47. The van der Waals surface area contributed by atoms with E-state index in [1.807, 2.05) is 13.8 Å². The molecular weight excluding hydrogens is 470 g/mol. The van der Waals surface area contributed by atoms with Gasteiger partial charge < -0.3 is 25.6 Å². The number of carbonyl (C=O) groups is 4. The molecule has 3 N–H and O–H groups in total. The van der Waals surface area contributed by atoms with Gasteiger partial charge in [0.2, 0.25) is 17.7 Å². The Bertz CT molecular complexity index is 1050. The van der Waals surface area contributed by atoms with Gasteiger partial charge in [0.1, 0.15) is 18.3 Å². The lowest BCUT2D eigenvalue weighted by atomic mass is 10.1. The molecule has 2 aromatic rings. The lowest BCUT2D eigenvalue weighted by molar-refractivity contribution is -0.128. The van der Waals surface area contributed by atoms with E-state index < -0.39 is 6.04 Å². The van der Waals surface area contributed by atoms with Crippen LogP contribution >= 0.6 is 11.3 Å². The van der Waals surface area contributed by atoms with E-state index >= 15 is 0 Å². The minimum atomic E-state index is -0.534. The molecule has 35 heavy (non-hydrogen) atoms. The fourth-order valence-corrected chi connectivity index (χ4v) is 4.36. The van der Waals surface area contributed by atoms with Gasteiger partial charge in [0.25, 0.3) is 5.91 Å². The maximum atomic E-state index is 12.9. The molecule has 0 bridgehead atoms. The van der Waals surface area contributed by atoms with Gasteiger partial charge in [-0.25, -0.2) is 4.98 Å². The zero-order chi connectivity index (χ0) is 25.4. The Balaban J connectivity index is 1.54. The summed E-state index contributed by atoms with van der Waals surface area (Å²) in [6.45, 7) is 4.15. The van der Waals surface area contributed by atoms with Crippen molar-refractivity contribution in [1.29, 1.82) is 0 Å². The first-order chi connectivity index (χ1) is 16.8. The summed E-state index contributed by atoms with van der Waals surface area (Å²) in [4.78, 5) is 55.7. The standard InChI is InChI=1S/C24H31N5O5S/c1-15(2)29(23(33)16-7-9-18(34-3)10-8-16)13-21(31)28-24-26-17(14-35-24)12-20(30)27-19-6-4-5-11-25-22(19)32/h7-10,14-15,19H,4-6,11-13H2,1-3H3,(H,25,32)(H,27,30)(H,26,28,31). The molecule has 1 aromatic heterocycles. The minimum absolute atomic E-state index is 0.00419. The molecule has 1 fully saturated rings. The Labute approximate surface area is 208 Å². The molecule has 0 radical (unpaired) electrons. The number of rotatable bonds is 9. The summed E-state index contributed by atoms with van der Waals surface area (Å²) in [6.07, 6.45) is 2.37. The molecule has 1 aliphatic heterocycles. The van der Waals surface area contributed by atoms with Crippen molar-refractivity contribution in [2.75, 3.05) is 25.5 Å². The van der Waals surface area contributed by atoms with Crippen molar-refractivity contribution in [2.24, 2.45) is 0 Å². The van der Waals surface area contributed by atoms with Crippen LogP contribution in [0.15, 0.2) is 29.6 Å². The highest BCUT2D eigenvalue weighted by molar-refractivity contribution is 7.13. The van der Waals surface area contributed by atoms with E-state index in [4.69, 9.17) is 4.74 Å². The van der Waals surface area contributed by atoms with Crippen molar-refractivity contribution in [3.63, 3.8) is 0 Å². The van der Waals surface area contributed by atoms with E-state index in [-0.39, 0.29) is 42.6 Å². The Kier molecular flexibility index (Phi) is 9.18. The van der Waals surface area contributed by atoms with Crippen LogP contribution in [0.25, 0.3) is 0 Å². The molecule has 1 unspecified atom stereocenters. The number of aromatic nitrogens is 1. The van der Waals surface area contributed by atoms with Crippen molar-refractivity contribution in [3.8, 4) is 5.75 Å². The number of nitrogens with zero attached hydrogens (tertiary/aromatic N) is 2. The highest BCUT2D eigenvalue weighted by Gasteiger charge is 2.24. The zero-order valence-corrected chi connectivity index (χ0v) is 20.9. The summed E-state index contributed by atoms with van der Waals surface area (Å²) in [5.41, 5.74) is 0.948. The van der Waals surface area contributed by atoms with Crippen molar-refractivity contribution >= 4 is 40.1 Å². The first-order valence-corrected chi connectivity index (χ1v) is 12.4. The summed E-state index contributed by atoms with van der Waals surface area (Å²) >= 11 is 1.19. The number of anilines is 1. The Morgan fingerprint density at radius 3 is 2.63 bits per heavy atom. The Morgan fingerprint density at radius 1 is 1.20 bits per heavy atom. The number of nitrogens with one attached hydrogen (secondary N) is 3. The lowest BCUT2D eigenvalue weighted by Crippen LogP contribution is -2.46. The van der Waals surface area contributed by atoms with E-state index in [2.05, 4.69) is 20.9 Å². The van der Waals surface area contributed by atoms with Crippen LogP contribution in [0.1, 0.15) is 49.2 Å². The van der Waals surface area contributed by atoms with Gasteiger partial charge in [-0.2, -0.15) is 0 Å². The monoisotopic (exact) mass is 501 g/mol. The number of amides is 4.